The molecular weight excluding hydrogens is 226 g/mol. The maximum atomic E-state index is 0. The Balaban J connectivity index is 0. The van der Waals surface area contributed by atoms with Crippen LogP contribution in [0.25, 0.3) is 0 Å². The first kappa shape index (κ1) is 34.2. The van der Waals surface area contributed by atoms with Gasteiger partial charge in [0.1, 0.15) is 0 Å². The van der Waals surface area contributed by atoms with Crippen LogP contribution in [-0.4, -0.2) is 19.8 Å². The third-order valence-corrected chi connectivity index (χ3v) is 0. The van der Waals surface area contributed by atoms with E-state index in [1.165, 1.54) is 0 Å². The molecule has 0 radical (unpaired) electrons. The van der Waals surface area contributed by atoms with Crippen molar-refractivity contribution in [3.8, 4) is 0 Å². The standard InChI is InChI=1S/3Cr.Ga.3H. The van der Waals surface area contributed by atoms with Crippen LogP contribution in [0.5, 0.6) is 0 Å². The van der Waals surface area contributed by atoms with Crippen molar-refractivity contribution >= 4 is 19.8 Å². The fraction of sp³-hybridized carbons (Fsp3) is 0. The van der Waals surface area contributed by atoms with E-state index in [0.29, 0.717) is 0 Å². The first-order chi connectivity index (χ1) is 0. The van der Waals surface area contributed by atoms with Crippen LogP contribution in [0.1, 0.15) is 0 Å². The monoisotopic (exact) mass is 228 g/mol. The van der Waals surface area contributed by atoms with Gasteiger partial charge in [0.25, 0.3) is 0 Å². The van der Waals surface area contributed by atoms with Crippen molar-refractivity contribution in [1.29, 1.82) is 0 Å². The van der Waals surface area contributed by atoms with Gasteiger partial charge in [-0.05, 0) is 0 Å². The summed E-state index contributed by atoms with van der Waals surface area (Å²) in [5, 5.41) is 0. The van der Waals surface area contributed by atoms with Crippen LogP contribution in [0.2, 0.25) is 0 Å². The van der Waals surface area contributed by atoms with E-state index in [-0.39, 0.29) is 71.9 Å². The summed E-state index contributed by atoms with van der Waals surface area (Å²) < 4.78 is 0. The third kappa shape index (κ3) is 8.87. The summed E-state index contributed by atoms with van der Waals surface area (Å²) >= 11 is 0. The van der Waals surface area contributed by atoms with Gasteiger partial charge in [-0.25, -0.2) is 0 Å². The van der Waals surface area contributed by atoms with E-state index in [4.69, 9.17) is 0 Å². The fourth-order valence-corrected chi connectivity index (χ4v) is 0. The van der Waals surface area contributed by atoms with E-state index in [0.717, 1.165) is 0 Å². The van der Waals surface area contributed by atoms with E-state index < -0.39 is 0 Å². The zero-order chi connectivity index (χ0) is 0. The second-order valence-corrected chi connectivity index (χ2v) is 0. The summed E-state index contributed by atoms with van der Waals surface area (Å²) in [6.07, 6.45) is 0. The summed E-state index contributed by atoms with van der Waals surface area (Å²) in [5.74, 6) is 0. The molecule has 0 rings (SSSR count). The number of hydrogen-bond donors (Lipinski definition) is 0. The van der Waals surface area contributed by atoms with Crippen LogP contribution >= 0.6 is 0 Å². The molecule has 0 saturated carbocycles. The Labute approximate surface area is 71.2 Å². The first-order valence-electron chi connectivity index (χ1n) is 0. The molecule has 0 fully saturated rings. The second kappa shape index (κ2) is 18.8. The van der Waals surface area contributed by atoms with Crippen molar-refractivity contribution in [1.82, 2.24) is 0 Å². The molecule has 0 aliphatic rings. The minimum absolute atomic E-state index is 0. The number of rotatable bonds is 0. The van der Waals surface area contributed by atoms with Gasteiger partial charge in [0.05, 0.1) is 0 Å². The van der Waals surface area contributed by atoms with E-state index in [1.54, 1.807) is 0 Å². The van der Waals surface area contributed by atoms with Gasteiger partial charge >= 0.3 is 19.8 Å². The van der Waals surface area contributed by atoms with Gasteiger partial charge in [-0.1, -0.05) is 0 Å². The normalized spacial score (nSPS) is 0. The van der Waals surface area contributed by atoms with Gasteiger partial charge in [-0.3, -0.25) is 0 Å². The molecule has 0 N–H and O–H groups in total. The summed E-state index contributed by atoms with van der Waals surface area (Å²) in [7, 11) is 0. The van der Waals surface area contributed by atoms with Crippen molar-refractivity contribution in [3.05, 3.63) is 0 Å². The first-order valence-corrected chi connectivity index (χ1v) is 0. The second-order valence-electron chi connectivity index (χ2n) is 0. The van der Waals surface area contributed by atoms with Gasteiger partial charge < -0.3 is 0 Å². The molecule has 24 valence electrons. The molecule has 0 aliphatic carbocycles. The van der Waals surface area contributed by atoms with Crippen molar-refractivity contribution in [2.75, 3.05) is 0 Å². The quantitative estimate of drug-likeness (QED) is 0.458. The van der Waals surface area contributed by atoms with Crippen LogP contribution in [0, 0.1) is 0 Å². The van der Waals surface area contributed by atoms with Gasteiger partial charge in [0.15, 0.2) is 0 Å². The Bertz CT molecular complexity index is 3.25. The molecule has 0 amide bonds. The summed E-state index contributed by atoms with van der Waals surface area (Å²) in [4.78, 5) is 0. The molecule has 0 saturated heterocycles. The Hall–Kier alpha value is 2.23. The molecule has 0 bridgehead atoms. The SMILES string of the molecule is [Cr].[Cr].[Cr].[GaH3]. The van der Waals surface area contributed by atoms with Gasteiger partial charge in [0.2, 0.25) is 0 Å². The molecule has 4 heteroatoms. The van der Waals surface area contributed by atoms with Crippen LogP contribution < -0.4 is 0 Å². The Morgan fingerprint density at radius 3 is 0.500 bits per heavy atom. The molecule has 0 atom stereocenters. The number of hydrogen-bond acceptors (Lipinski definition) is 0. The molecule has 0 spiro atoms. The molecule has 0 aromatic rings. The summed E-state index contributed by atoms with van der Waals surface area (Å²) in [6, 6.07) is 0. The summed E-state index contributed by atoms with van der Waals surface area (Å²) in [6.45, 7) is 0. The van der Waals surface area contributed by atoms with Crippen molar-refractivity contribution in [2.24, 2.45) is 0 Å². The predicted octanol–water partition coefficient (Wildman–Crippen LogP) is -1.19. The zero-order valence-electron chi connectivity index (χ0n) is 1.22. The Morgan fingerprint density at radius 2 is 0.500 bits per heavy atom. The Morgan fingerprint density at radius 1 is 0.500 bits per heavy atom. The van der Waals surface area contributed by atoms with E-state index in [9.17, 15) is 0 Å². The zero-order valence-corrected chi connectivity index (χ0v) is 5.05. The molecule has 0 nitrogen and oxygen atoms in total. The van der Waals surface area contributed by atoms with Crippen molar-refractivity contribution in [3.63, 3.8) is 0 Å². The Kier molecular flexibility index (Phi) is 161. The predicted molar refractivity (Wildman–Crippen MR) is 9.94 cm³/mol. The molecule has 0 heterocycles. The summed E-state index contributed by atoms with van der Waals surface area (Å²) in [5.41, 5.74) is 0. The average Bonchev–Trinajstić information content (AvgIpc) is 0. The topological polar surface area (TPSA) is 0 Å². The molecule has 0 aliphatic heterocycles. The molecule has 0 aromatic heterocycles. The average molecular weight is 229 g/mol. The third-order valence-electron chi connectivity index (χ3n) is 0. The molecule has 4 heavy (non-hydrogen) atoms. The van der Waals surface area contributed by atoms with Gasteiger partial charge in [-0.2, -0.15) is 0 Å². The van der Waals surface area contributed by atoms with Crippen LogP contribution in [0.15, 0.2) is 0 Å². The van der Waals surface area contributed by atoms with Crippen molar-refractivity contribution < 1.29 is 52.1 Å². The fourth-order valence-electron chi connectivity index (χ4n) is 0. The maximum absolute atomic E-state index is 0. The molecular formula is H3Cr3Ga. The van der Waals surface area contributed by atoms with Gasteiger partial charge in [0, 0.05) is 52.1 Å². The van der Waals surface area contributed by atoms with E-state index in [1.807, 2.05) is 0 Å². The molecule has 0 aromatic carbocycles. The van der Waals surface area contributed by atoms with Gasteiger partial charge in [-0.15, -0.1) is 0 Å². The van der Waals surface area contributed by atoms with Crippen LogP contribution in [-0.2, 0) is 52.1 Å². The molecule has 0 unspecified atom stereocenters. The minimum atomic E-state index is 0. The van der Waals surface area contributed by atoms with Crippen LogP contribution in [0.4, 0.5) is 0 Å². The van der Waals surface area contributed by atoms with E-state index >= 15 is 0 Å². The van der Waals surface area contributed by atoms with E-state index in [2.05, 4.69) is 0 Å². The van der Waals surface area contributed by atoms with Crippen molar-refractivity contribution in [2.45, 2.75) is 0 Å². The van der Waals surface area contributed by atoms with Crippen LogP contribution in [0.3, 0.4) is 0 Å².